The summed E-state index contributed by atoms with van der Waals surface area (Å²) in [7, 11) is 0. The first-order valence-corrected chi connectivity index (χ1v) is 5.53. The molecule has 0 bridgehead atoms. The van der Waals surface area contributed by atoms with E-state index >= 15 is 0 Å². The molecule has 16 heavy (non-hydrogen) atoms. The van der Waals surface area contributed by atoms with E-state index in [0.717, 1.165) is 11.3 Å². The normalized spacial score (nSPS) is 19.5. The molecule has 1 N–H and O–H groups in total. The molecule has 0 amide bonds. The highest BCUT2D eigenvalue weighted by Crippen LogP contribution is 2.22. The van der Waals surface area contributed by atoms with Crippen LogP contribution in [0.5, 0.6) is 0 Å². The van der Waals surface area contributed by atoms with E-state index in [-0.39, 0.29) is 12.7 Å². The Kier molecular flexibility index (Phi) is 2.97. The second kappa shape index (κ2) is 4.26. The van der Waals surface area contributed by atoms with Crippen LogP contribution in [0.1, 0.15) is 28.7 Å². The van der Waals surface area contributed by atoms with Crippen LogP contribution in [0.15, 0.2) is 17.3 Å². The molecule has 3 heteroatoms. The van der Waals surface area contributed by atoms with Crippen molar-refractivity contribution in [2.75, 3.05) is 6.61 Å². The average Bonchev–Trinajstić information content (AvgIpc) is 2.71. The van der Waals surface area contributed by atoms with Gasteiger partial charge in [0.1, 0.15) is 0 Å². The van der Waals surface area contributed by atoms with Crippen molar-refractivity contribution < 1.29 is 9.94 Å². The van der Waals surface area contributed by atoms with Crippen molar-refractivity contribution in [1.82, 2.24) is 0 Å². The topological polar surface area (TPSA) is 41.8 Å². The predicted molar refractivity (Wildman–Crippen MR) is 63.8 cm³/mol. The summed E-state index contributed by atoms with van der Waals surface area (Å²) in [5.41, 5.74) is 5.85. The molecule has 86 valence electrons. The predicted octanol–water partition coefficient (Wildman–Crippen LogP) is 2.10. The van der Waals surface area contributed by atoms with E-state index in [0.29, 0.717) is 6.42 Å². The van der Waals surface area contributed by atoms with Crippen LogP contribution in [0.3, 0.4) is 0 Å². The Morgan fingerprint density at radius 1 is 1.25 bits per heavy atom. The molecular weight excluding hydrogens is 202 g/mol. The summed E-state index contributed by atoms with van der Waals surface area (Å²) in [6.07, 6.45) is 0.524. The summed E-state index contributed by atoms with van der Waals surface area (Å²) in [6.45, 7) is 6.31. The van der Waals surface area contributed by atoms with Gasteiger partial charge in [0, 0.05) is 12.0 Å². The van der Waals surface area contributed by atoms with Crippen molar-refractivity contribution in [2.24, 2.45) is 5.16 Å². The molecule has 1 unspecified atom stereocenters. The van der Waals surface area contributed by atoms with Crippen molar-refractivity contribution in [2.45, 2.75) is 33.3 Å². The van der Waals surface area contributed by atoms with Crippen LogP contribution in [0.25, 0.3) is 0 Å². The highest BCUT2D eigenvalue weighted by atomic mass is 16.6. The van der Waals surface area contributed by atoms with Gasteiger partial charge in [0.15, 0.2) is 6.10 Å². The molecule has 1 aliphatic heterocycles. The largest absolute Gasteiger partial charge is 0.392 e. The first kappa shape index (κ1) is 11.1. The highest BCUT2D eigenvalue weighted by molar-refractivity contribution is 6.02. The van der Waals surface area contributed by atoms with Gasteiger partial charge in [-0.2, -0.15) is 0 Å². The van der Waals surface area contributed by atoms with Gasteiger partial charge in [0.05, 0.1) is 12.3 Å². The third-order valence-electron chi connectivity index (χ3n) is 3.09. The van der Waals surface area contributed by atoms with Crippen LogP contribution in [0.4, 0.5) is 0 Å². The number of aryl methyl sites for hydroxylation is 3. The molecule has 0 radical (unpaired) electrons. The number of hydrogen-bond donors (Lipinski definition) is 1. The zero-order valence-corrected chi connectivity index (χ0v) is 9.95. The minimum Gasteiger partial charge on any atom is -0.392 e. The minimum absolute atomic E-state index is 0.0247. The van der Waals surface area contributed by atoms with E-state index in [4.69, 9.17) is 9.94 Å². The molecular formula is C13H17NO2. The molecule has 1 atom stereocenters. The monoisotopic (exact) mass is 219 g/mol. The van der Waals surface area contributed by atoms with Gasteiger partial charge in [-0.1, -0.05) is 11.2 Å². The molecule has 1 aromatic carbocycles. The van der Waals surface area contributed by atoms with E-state index in [9.17, 15) is 0 Å². The van der Waals surface area contributed by atoms with Gasteiger partial charge in [-0.05, 0) is 43.5 Å². The van der Waals surface area contributed by atoms with Gasteiger partial charge < -0.3 is 9.94 Å². The number of aliphatic hydroxyl groups excluding tert-OH is 1. The first-order chi connectivity index (χ1) is 7.61. The fourth-order valence-electron chi connectivity index (χ4n) is 1.96. The second-order valence-corrected chi connectivity index (χ2v) is 4.40. The molecule has 0 fully saturated rings. The Morgan fingerprint density at radius 2 is 1.94 bits per heavy atom. The molecule has 0 saturated heterocycles. The van der Waals surface area contributed by atoms with E-state index in [1.54, 1.807) is 0 Å². The van der Waals surface area contributed by atoms with Crippen LogP contribution < -0.4 is 0 Å². The molecule has 1 aliphatic rings. The SMILES string of the molecule is Cc1cc(C)c(C2=NOC(CO)C2)cc1C. The average molecular weight is 219 g/mol. The summed E-state index contributed by atoms with van der Waals surface area (Å²) < 4.78 is 0. The lowest BCUT2D eigenvalue weighted by molar-refractivity contribution is 0.0390. The zero-order valence-electron chi connectivity index (χ0n) is 9.95. The number of aliphatic hydroxyl groups is 1. The van der Waals surface area contributed by atoms with E-state index in [1.165, 1.54) is 16.7 Å². The molecule has 0 aliphatic carbocycles. The first-order valence-electron chi connectivity index (χ1n) is 5.53. The van der Waals surface area contributed by atoms with Gasteiger partial charge in [-0.25, -0.2) is 0 Å². The third-order valence-corrected chi connectivity index (χ3v) is 3.09. The van der Waals surface area contributed by atoms with Gasteiger partial charge in [-0.3, -0.25) is 0 Å². The Balaban J connectivity index is 2.32. The fourth-order valence-corrected chi connectivity index (χ4v) is 1.96. The van der Waals surface area contributed by atoms with E-state index < -0.39 is 0 Å². The Morgan fingerprint density at radius 3 is 2.56 bits per heavy atom. The maximum absolute atomic E-state index is 9.00. The number of oxime groups is 1. The maximum atomic E-state index is 9.00. The van der Waals surface area contributed by atoms with Crippen molar-refractivity contribution >= 4 is 5.71 Å². The van der Waals surface area contributed by atoms with Crippen molar-refractivity contribution in [3.63, 3.8) is 0 Å². The fraction of sp³-hybridized carbons (Fsp3) is 0.462. The van der Waals surface area contributed by atoms with Crippen LogP contribution in [0, 0.1) is 20.8 Å². The number of benzene rings is 1. The van der Waals surface area contributed by atoms with Crippen LogP contribution in [-0.2, 0) is 4.84 Å². The van der Waals surface area contributed by atoms with E-state index in [1.807, 2.05) is 0 Å². The lowest BCUT2D eigenvalue weighted by Gasteiger charge is -2.08. The lowest BCUT2D eigenvalue weighted by atomic mass is 9.95. The third kappa shape index (κ3) is 1.95. The van der Waals surface area contributed by atoms with Gasteiger partial charge in [0.2, 0.25) is 0 Å². The molecule has 1 heterocycles. The van der Waals surface area contributed by atoms with Gasteiger partial charge in [0.25, 0.3) is 0 Å². The highest BCUT2D eigenvalue weighted by Gasteiger charge is 2.22. The van der Waals surface area contributed by atoms with Crippen LogP contribution >= 0.6 is 0 Å². The zero-order chi connectivity index (χ0) is 11.7. The summed E-state index contributed by atoms with van der Waals surface area (Å²) in [4.78, 5) is 5.13. The molecule has 0 aromatic heterocycles. The van der Waals surface area contributed by atoms with Crippen molar-refractivity contribution in [3.05, 3.63) is 34.4 Å². The standard InChI is InChI=1S/C13H17NO2/c1-8-4-10(3)12(5-9(8)2)13-6-11(7-15)16-14-13/h4-5,11,15H,6-7H2,1-3H3. The summed E-state index contributed by atoms with van der Waals surface area (Å²) in [6, 6.07) is 4.31. The van der Waals surface area contributed by atoms with Crippen LogP contribution in [0.2, 0.25) is 0 Å². The summed E-state index contributed by atoms with van der Waals surface area (Å²) >= 11 is 0. The number of rotatable bonds is 2. The smallest absolute Gasteiger partial charge is 0.156 e. The van der Waals surface area contributed by atoms with Gasteiger partial charge in [-0.15, -0.1) is 0 Å². The molecule has 2 rings (SSSR count). The minimum atomic E-state index is -0.170. The number of hydrogen-bond acceptors (Lipinski definition) is 3. The molecule has 1 aromatic rings. The van der Waals surface area contributed by atoms with E-state index in [2.05, 4.69) is 38.1 Å². The van der Waals surface area contributed by atoms with Gasteiger partial charge >= 0.3 is 0 Å². The van der Waals surface area contributed by atoms with Crippen molar-refractivity contribution in [3.8, 4) is 0 Å². The molecule has 0 spiro atoms. The van der Waals surface area contributed by atoms with Crippen LogP contribution in [-0.4, -0.2) is 23.5 Å². The summed E-state index contributed by atoms with van der Waals surface area (Å²) in [5, 5.41) is 13.0. The summed E-state index contributed by atoms with van der Waals surface area (Å²) in [5.74, 6) is 0. The Bertz CT molecular complexity index is 438. The Hall–Kier alpha value is -1.35. The molecule has 0 saturated carbocycles. The quantitative estimate of drug-likeness (QED) is 0.827. The molecule has 3 nitrogen and oxygen atoms in total. The Labute approximate surface area is 95.7 Å². The lowest BCUT2D eigenvalue weighted by Crippen LogP contribution is -2.13. The number of nitrogens with zero attached hydrogens (tertiary/aromatic N) is 1. The maximum Gasteiger partial charge on any atom is 0.156 e. The second-order valence-electron chi connectivity index (χ2n) is 4.40. The van der Waals surface area contributed by atoms with Crippen molar-refractivity contribution in [1.29, 1.82) is 0 Å².